The van der Waals surface area contributed by atoms with Gasteiger partial charge in [-0.05, 0) is 56.1 Å². The summed E-state index contributed by atoms with van der Waals surface area (Å²) in [6.45, 7) is 4.51. The number of carbonyl (C=O) groups is 1. The highest BCUT2D eigenvalue weighted by Crippen LogP contribution is 2.35. The Balaban J connectivity index is 2.16. The van der Waals surface area contributed by atoms with Crippen LogP contribution in [0.2, 0.25) is 0 Å². The normalized spacial score (nSPS) is 11.0. The summed E-state index contributed by atoms with van der Waals surface area (Å²) in [5, 5.41) is 4.75. The lowest BCUT2D eigenvalue weighted by molar-refractivity contribution is 0.103. The van der Waals surface area contributed by atoms with Gasteiger partial charge < -0.3 is 19.5 Å². The SMILES string of the molecule is CNCc1cnc(C(=O)c2cccc(OC(C)C)c2)c2cc(OC)c(OC)cc12. The zero-order valence-corrected chi connectivity index (χ0v) is 17.4. The number of carbonyl (C=O) groups excluding carboxylic acids is 1. The molecule has 1 N–H and O–H groups in total. The van der Waals surface area contributed by atoms with E-state index in [1.54, 1.807) is 32.5 Å². The summed E-state index contributed by atoms with van der Waals surface area (Å²) in [6.07, 6.45) is 1.75. The second kappa shape index (κ2) is 8.92. The van der Waals surface area contributed by atoms with Gasteiger partial charge in [0.2, 0.25) is 5.78 Å². The van der Waals surface area contributed by atoms with Gasteiger partial charge in [-0.1, -0.05) is 12.1 Å². The molecule has 0 radical (unpaired) electrons. The topological polar surface area (TPSA) is 69.7 Å². The number of benzene rings is 2. The van der Waals surface area contributed by atoms with Crippen molar-refractivity contribution in [1.29, 1.82) is 0 Å². The molecule has 0 aliphatic carbocycles. The van der Waals surface area contributed by atoms with Crippen LogP contribution in [-0.4, -0.2) is 38.1 Å². The third-order valence-corrected chi connectivity index (χ3v) is 4.52. The second-order valence-corrected chi connectivity index (χ2v) is 6.94. The van der Waals surface area contributed by atoms with E-state index in [1.807, 2.05) is 45.2 Å². The largest absolute Gasteiger partial charge is 0.493 e. The molecule has 6 nitrogen and oxygen atoms in total. The minimum absolute atomic E-state index is 0.0249. The van der Waals surface area contributed by atoms with Crippen LogP contribution in [-0.2, 0) is 6.54 Å². The predicted molar refractivity (Wildman–Crippen MR) is 113 cm³/mol. The summed E-state index contributed by atoms with van der Waals surface area (Å²) in [7, 11) is 5.03. The monoisotopic (exact) mass is 394 g/mol. The van der Waals surface area contributed by atoms with Crippen molar-refractivity contribution >= 4 is 16.6 Å². The highest BCUT2D eigenvalue weighted by atomic mass is 16.5. The number of aromatic nitrogens is 1. The zero-order valence-electron chi connectivity index (χ0n) is 17.4. The van der Waals surface area contributed by atoms with E-state index in [1.165, 1.54) is 0 Å². The summed E-state index contributed by atoms with van der Waals surface area (Å²) in [5.41, 5.74) is 1.85. The minimum Gasteiger partial charge on any atom is -0.493 e. The van der Waals surface area contributed by atoms with E-state index in [0.29, 0.717) is 35.1 Å². The number of hydrogen-bond donors (Lipinski definition) is 1. The fourth-order valence-corrected chi connectivity index (χ4v) is 3.25. The maximum atomic E-state index is 13.3. The Hall–Kier alpha value is -3.12. The molecular weight excluding hydrogens is 368 g/mol. The molecule has 0 amide bonds. The Kier molecular flexibility index (Phi) is 6.34. The maximum absolute atomic E-state index is 13.3. The summed E-state index contributed by atoms with van der Waals surface area (Å²) in [4.78, 5) is 17.8. The lowest BCUT2D eigenvalue weighted by Gasteiger charge is -2.15. The second-order valence-electron chi connectivity index (χ2n) is 6.94. The van der Waals surface area contributed by atoms with Gasteiger partial charge >= 0.3 is 0 Å². The molecular formula is C23H26N2O4. The van der Waals surface area contributed by atoms with Crippen LogP contribution in [0.3, 0.4) is 0 Å². The smallest absolute Gasteiger partial charge is 0.212 e. The molecule has 6 heteroatoms. The molecule has 0 unspecified atom stereocenters. The Bertz CT molecular complexity index is 1030. The number of ether oxygens (including phenoxy) is 3. The zero-order chi connectivity index (χ0) is 21.0. The Morgan fingerprint density at radius 3 is 2.38 bits per heavy atom. The van der Waals surface area contributed by atoms with E-state index < -0.39 is 0 Å². The predicted octanol–water partition coefficient (Wildman–Crippen LogP) is 3.99. The first kappa shape index (κ1) is 20.6. The van der Waals surface area contributed by atoms with Gasteiger partial charge in [-0.2, -0.15) is 0 Å². The Labute approximate surface area is 170 Å². The number of nitrogens with one attached hydrogen (secondary N) is 1. The van der Waals surface area contributed by atoms with Crippen LogP contribution in [0.5, 0.6) is 17.2 Å². The van der Waals surface area contributed by atoms with Crippen molar-refractivity contribution in [2.45, 2.75) is 26.5 Å². The molecule has 1 aromatic heterocycles. The van der Waals surface area contributed by atoms with Crippen LogP contribution >= 0.6 is 0 Å². The van der Waals surface area contributed by atoms with Gasteiger partial charge in [0.05, 0.1) is 20.3 Å². The number of rotatable bonds is 8. The van der Waals surface area contributed by atoms with Crippen LogP contribution in [0.15, 0.2) is 42.6 Å². The molecule has 3 rings (SSSR count). The molecule has 0 saturated carbocycles. The van der Waals surface area contributed by atoms with Gasteiger partial charge in [0, 0.05) is 23.7 Å². The first-order valence-corrected chi connectivity index (χ1v) is 9.48. The molecule has 2 aromatic carbocycles. The first-order chi connectivity index (χ1) is 14.0. The van der Waals surface area contributed by atoms with Crippen molar-refractivity contribution in [1.82, 2.24) is 10.3 Å². The quantitative estimate of drug-likeness (QED) is 0.583. The summed E-state index contributed by atoms with van der Waals surface area (Å²) in [5.74, 6) is 1.64. The average Bonchev–Trinajstić information content (AvgIpc) is 2.72. The van der Waals surface area contributed by atoms with Crippen molar-refractivity contribution in [3.8, 4) is 17.2 Å². The molecule has 0 atom stereocenters. The molecule has 29 heavy (non-hydrogen) atoms. The molecule has 0 aliphatic heterocycles. The standard InChI is InChI=1S/C23H26N2O4/c1-14(2)29-17-8-6-7-15(9-17)23(26)22-19-11-21(28-5)20(27-4)10-18(19)16(12-24-3)13-25-22/h6-11,13-14,24H,12H2,1-5H3. The van der Waals surface area contributed by atoms with Gasteiger partial charge in [-0.3, -0.25) is 9.78 Å². The molecule has 0 aliphatic rings. The average molecular weight is 394 g/mol. The third-order valence-electron chi connectivity index (χ3n) is 4.52. The van der Waals surface area contributed by atoms with E-state index in [2.05, 4.69) is 10.3 Å². The lowest BCUT2D eigenvalue weighted by atomic mass is 9.99. The number of fused-ring (bicyclic) bond motifs is 1. The van der Waals surface area contributed by atoms with Crippen LogP contribution in [0.1, 0.15) is 35.5 Å². The summed E-state index contributed by atoms with van der Waals surface area (Å²) >= 11 is 0. The fraction of sp³-hybridized carbons (Fsp3) is 0.304. The molecule has 1 heterocycles. The van der Waals surface area contributed by atoms with E-state index >= 15 is 0 Å². The van der Waals surface area contributed by atoms with E-state index in [4.69, 9.17) is 14.2 Å². The van der Waals surface area contributed by atoms with E-state index in [-0.39, 0.29) is 11.9 Å². The highest BCUT2D eigenvalue weighted by molar-refractivity contribution is 6.15. The Morgan fingerprint density at radius 2 is 1.76 bits per heavy atom. The van der Waals surface area contributed by atoms with Gasteiger partial charge in [-0.25, -0.2) is 0 Å². The van der Waals surface area contributed by atoms with Crippen molar-refractivity contribution in [3.63, 3.8) is 0 Å². The van der Waals surface area contributed by atoms with Crippen LogP contribution in [0.4, 0.5) is 0 Å². The van der Waals surface area contributed by atoms with Gasteiger partial charge in [0.1, 0.15) is 11.4 Å². The molecule has 152 valence electrons. The maximum Gasteiger partial charge on any atom is 0.212 e. The van der Waals surface area contributed by atoms with Gasteiger partial charge in [-0.15, -0.1) is 0 Å². The van der Waals surface area contributed by atoms with E-state index in [9.17, 15) is 4.79 Å². The van der Waals surface area contributed by atoms with Crippen LogP contribution < -0.4 is 19.5 Å². The fourth-order valence-electron chi connectivity index (χ4n) is 3.25. The number of methoxy groups -OCH3 is 2. The van der Waals surface area contributed by atoms with Crippen molar-refractivity contribution < 1.29 is 19.0 Å². The molecule has 0 saturated heterocycles. The lowest BCUT2D eigenvalue weighted by Crippen LogP contribution is -2.11. The molecule has 3 aromatic rings. The first-order valence-electron chi connectivity index (χ1n) is 9.48. The van der Waals surface area contributed by atoms with Crippen LogP contribution in [0, 0.1) is 0 Å². The van der Waals surface area contributed by atoms with Gasteiger partial charge in [0.25, 0.3) is 0 Å². The number of pyridine rings is 1. The highest BCUT2D eigenvalue weighted by Gasteiger charge is 2.19. The Morgan fingerprint density at radius 1 is 1.07 bits per heavy atom. The third kappa shape index (κ3) is 4.32. The number of hydrogen-bond acceptors (Lipinski definition) is 6. The molecule has 0 spiro atoms. The van der Waals surface area contributed by atoms with Gasteiger partial charge in [0.15, 0.2) is 11.5 Å². The number of nitrogens with zero attached hydrogens (tertiary/aromatic N) is 1. The molecule has 0 bridgehead atoms. The molecule has 0 fully saturated rings. The van der Waals surface area contributed by atoms with Crippen molar-refractivity contribution in [2.24, 2.45) is 0 Å². The summed E-state index contributed by atoms with van der Waals surface area (Å²) in [6, 6.07) is 10.9. The van der Waals surface area contributed by atoms with Crippen molar-refractivity contribution in [2.75, 3.05) is 21.3 Å². The summed E-state index contributed by atoms with van der Waals surface area (Å²) < 4.78 is 16.6. The van der Waals surface area contributed by atoms with Crippen LogP contribution in [0.25, 0.3) is 10.8 Å². The van der Waals surface area contributed by atoms with Crippen molar-refractivity contribution in [3.05, 3.63) is 59.4 Å². The van der Waals surface area contributed by atoms with E-state index in [0.717, 1.165) is 16.3 Å². The number of ketones is 1. The minimum atomic E-state index is -0.174.